The zero-order valence-corrected chi connectivity index (χ0v) is 13.1. The first-order valence-electron chi connectivity index (χ1n) is 7.95. The van der Waals surface area contributed by atoms with Crippen LogP contribution in [-0.4, -0.2) is 28.2 Å². The summed E-state index contributed by atoms with van der Waals surface area (Å²) < 4.78 is 5.13. The molecule has 6 nitrogen and oxygen atoms in total. The minimum Gasteiger partial charge on any atom is -0.370 e. The van der Waals surface area contributed by atoms with Crippen LogP contribution in [-0.2, 0) is 6.54 Å². The maximum Gasteiger partial charge on any atom is 0.257 e. The fourth-order valence-corrected chi connectivity index (χ4v) is 2.93. The third-order valence-corrected chi connectivity index (χ3v) is 4.26. The minimum atomic E-state index is 0.583. The van der Waals surface area contributed by atoms with Gasteiger partial charge in [0.05, 0.1) is 23.0 Å². The highest BCUT2D eigenvalue weighted by molar-refractivity contribution is 5.76. The molecule has 1 saturated heterocycles. The third kappa shape index (κ3) is 2.84. The van der Waals surface area contributed by atoms with E-state index in [1.165, 1.54) is 18.5 Å². The van der Waals surface area contributed by atoms with Crippen LogP contribution in [0.1, 0.15) is 24.1 Å². The lowest BCUT2D eigenvalue weighted by atomic mass is 10.2. The van der Waals surface area contributed by atoms with Crippen molar-refractivity contribution in [3.63, 3.8) is 0 Å². The van der Waals surface area contributed by atoms with E-state index in [1.807, 2.05) is 19.2 Å². The van der Waals surface area contributed by atoms with Crippen LogP contribution in [0.2, 0.25) is 0 Å². The van der Waals surface area contributed by atoms with Gasteiger partial charge in [-0.25, -0.2) is 9.97 Å². The maximum absolute atomic E-state index is 5.13. The number of rotatable bonds is 4. The van der Waals surface area contributed by atoms with Gasteiger partial charge in [0.1, 0.15) is 5.82 Å². The Morgan fingerprint density at radius 1 is 1.17 bits per heavy atom. The highest BCUT2D eigenvalue weighted by Crippen LogP contribution is 2.21. The largest absolute Gasteiger partial charge is 0.370 e. The van der Waals surface area contributed by atoms with Gasteiger partial charge in [-0.3, -0.25) is 0 Å². The van der Waals surface area contributed by atoms with Gasteiger partial charge < -0.3 is 14.7 Å². The van der Waals surface area contributed by atoms with E-state index in [9.17, 15) is 0 Å². The fraction of sp³-hybridized carbons (Fsp3) is 0.353. The molecular weight excluding hydrogens is 290 g/mol. The van der Waals surface area contributed by atoms with Gasteiger partial charge in [-0.15, -0.1) is 0 Å². The second kappa shape index (κ2) is 5.87. The van der Waals surface area contributed by atoms with E-state index in [0.717, 1.165) is 35.6 Å². The van der Waals surface area contributed by atoms with Crippen molar-refractivity contribution in [3.05, 3.63) is 41.9 Å². The first-order valence-corrected chi connectivity index (χ1v) is 7.95. The van der Waals surface area contributed by atoms with Crippen molar-refractivity contribution in [2.75, 3.05) is 23.3 Å². The topological polar surface area (TPSA) is 67.1 Å². The number of aromatic nitrogens is 3. The maximum atomic E-state index is 5.13. The van der Waals surface area contributed by atoms with Crippen LogP contribution in [0.25, 0.3) is 11.1 Å². The van der Waals surface area contributed by atoms with Gasteiger partial charge in [0.25, 0.3) is 5.71 Å². The standard InChI is InChI=1S/C17H19N5O/c1-12-15-8-13(10-20-17(15)23-21-12)9-18-16-5-4-14(11-19-16)22-6-2-3-7-22/h4-5,8,10-11H,2-3,6-7,9H2,1H3,(H,18,19). The first-order chi connectivity index (χ1) is 11.3. The molecule has 0 bridgehead atoms. The molecule has 1 aliphatic heterocycles. The van der Waals surface area contributed by atoms with E-state index in [4.69, 9.17) is 4.52 Å². The van der Waals surface area contributed by atoms with Crippen molar-refractivity contribution in [2.24, 2.45) is 0 Å². The van der Waals surface area contributed by atoms with E-state index in [2.05, 4.69) is 37.5 Å². The fourth-order valence-electron chi connectivity index (χ4n) is 2.93. The van der Waals surface area contributed by atoms with Gasteiger partial charge >= 0.3 is 0 Å². The van der Waals surface area contributed by atoms with Gasteiger partial charge in [-0.05, 0) is 43.5 Å². The second-order valence-electron chi connectivity index (χ2n) is 5.91. The number of hydrogen-bond donors (Lipinski definition) is 1. The molecule has 1 aliphatic rings. The van der Waals surface area contributed by atoms with E-state index < -0.39 is 0 Å². The van der Waals surface area contributed by atoms with Gasteiger partial charge in [0, 0.05) is 25.8 Å². The highest BCUT2D eigenvalue weighted by atomic mass is 16.5. The molecule has 0 spiro atoms. The number of hydrogen-bond acceptors (Lipinski definition) is 6. The molecule has 0 amide bonds. The number of pyridine rings is 2. The summed E-state index contributed by atoms with van der Waals surface area (Å²) in [5.41, 5.74) is 3.73. The van der Waals surface area contributed by atoms with Crippen molar-refractivity contribution in [1.82, 2.24) is 15.1 Å². The summed E-state index contributed by atoms with van der Waals surface area (Å²) in [4.78, 5) is 11.2. The van der Waals surface area contributed by atoms with Crippen LogP contribution in [0.5, 0.6) is 0 Å². The molecule has 0 atom stereocenters. The molecule has 0 aromatic carbocycles. The molecule has 0 saturated carbocycles. The monoisotopic (exact) mass is 309 g/mol. The molecule has 3 aromatic heterocycles. The molecule has 6 heteroatoms. The van der Waals surface area contributed by atoms with Gasteiger partial charge in [0.2, 0.25) is 0 Å². The average molecular weight is 309 g/mol. The smallest absolute Gasteiger partial charge is 0.257 e. The van der Waals surface area contributed by atoms with Gasteiger partial charge in [-0.1, -0.05) is 5.16 Å². The SMILES string of the molecule is Cc1noc2ncc(CNc3ccc(N4CCCC4)cn3)cc12. The minimum absolute atomic E-state index is 0.583. The van der Waals surface area contributed by atoms with Crippen molar-refractivity contribution in [1.29, 1.82) is 0 Å². The lowest BCUT2D eigenvalue weighted by Crippen LogP contribution is -2.17. The number of nitrogens with one attached hydrogen (secondary N) is 1. The number of aryl methyl sites for hydroxylation is 1. The summed E-state index contributed by atoms with van der Waals surface area (Å²) in [6.45, 7) is 4.86. The van der Waals surface area contributed by atoms with Crippen LogP contribution in [0, 0.1) is 6.92 Å². The predicted molar refractivity (Wildman–Crippen MR) is 89.6 cm³/mol. The third-order valence-electron chi connectivity index (χ3n) is 4.26. The Balaban J connectivity index is 1.44. The summed E-state index contributed by atoms with van der Waals surface area (Å²) in [7, 11) is 0. The zero-order chi connectivity index (χ0) is 15.6. The Hall–Kier alpha value is -2.63. The molecule has 0 radical (unpaired) electrons. The molecule has 4 rings (SSSR count). The van der Waals surface area contributed by atoms with Crippen molar-refractivity contribution in [2.45, 2.75) is 26.3 Å². The van der Waals surface area contributed by atoms with Crippen molar-refractivity contribution < 1.29 is 4.52 Å². The van der Waals surface area contributed by atoms with Gasteiger partial charge in [0.15, 0.2) is 0 Å². The Bertz CT molecular complexity index is 805. The van der Waals surface area contributed by atoms with Crippen LogP contribution in [0.4, 0.5) is 11.5 Å². The summed E-state index contributed by atoms with van der Waals surface area (Å²) in [6.07, 6.45) is 6.30. The molecule has 3 aromatic rings. The molecule has 118 valence electrons. The molecule has 0 aliphatic carbocycles. The summed E-state index contributed by atoms with van der Waals surface area (Å²) in [5, 5.41) is 8.22. The van der Waals surface area contributed by atoms with Crippen LogP contribution >= 0.6 is 0 Å². The highest BCUT2D eigenvalue weighted by Gasteiger charge is 2.12. The predicted octanol–water partition coefficient (Wildman–Crippen LogP) is 3.14. The molecule has 23 heavy (non-hydrogen) atoms. The Labute approximate surface area is 134 Å². The quantitative estimate of drug-likeness (QED) is 0.798. The van der Waals surface area contributed by atoms with Gasteiger partial charge in [-0.2, -0.15) is 0 Å². The van der Waals surface area contributed by atoms with Crippen molar-refractivity contribution in [3.8, 4) is 0 Å². The normalized spacial score (nSPS) is 14.6. The molecule has 4 heterocycles. The van der Waals surface area contributed by atoms with Crippen molar-refractivity contribution >= 4 is 22.6 Å². The first kappa shape index (κ1) is 14.0. The molecule has 1 fully saturated rings. The molecule has 0 unspecified atom stereocenters. The van der Waals surface area contributed by atoms with E-state index >= 15 is 0 Å². The lowest BCUT2D eigenvalue weighted by molar-refractivity contribution is 0.443. The number of anilines is 2. The Kier molecular flexibility index (Phi) is 3.57. The molecular formula is C17H19N5O. The number of nitrogens with zero attached hydrogens (tertiary/aromatic N) is 4. The van der Waals surface area contributed by atoms with Crippen LogP contribution < -0.4 is 10.2 Å². The van der Waals surface area contributed by atoms with Crippen LogP contribution in [0.3, 0.4) is 0 Å². The average Bonchev–Trinajstić information content (AvgIpc) is 3.24. The molecule has 1 N–H and O–H groups in total. The van der Waals surface area contributed by atoms with E-state index in [-0.39, 0.29) is 0 Å². The van der Waals surface area contributed by atoms with Crippen LogP contribution in [0.15, 0.2) is 35.1 Å². The Morgan fingerprint density at radius 2 is 2.04 bits per heavy atom. The summed E-state index contributed by atoms with van der Waals surface area (Å²) in [6, 6.07) is 6.22. The zero-order valence-electron chi connectivity index (χ0n) is 13.1. The van der Waals surface area contributed by atoms with E-state index in [0.29, 0.717) is 12.3 Å². The Morgan fingerprint density at radius 3 is 2.83 bits per heavy atom. The lowest BCUT2D eigenvalue weighted by Gasteiger charge is -2.17. The van der Waals surface area contributed by atoms with E-state index in [1.54, 1.807) is 6.20 Å². The number of fused-ring (bicyclic) bond motifs is 1. The second-order valence-corrected chi connectivity index (χ2v) is 5.91. The summed E-state index contributed by atoms with van der Waals surface area (Å²) in [5.74, 6) is 0.870. The summed E-state index contributed by atoms with van der Waals surface area (Å²) >= 11 is 0.